The number of hydrogen-bond acceptors (Lipinski definition) is 4. The van der Waals surface area contributed by atoms with Crippen molar-refractivity contribution < 1.29 is 9.21 Å². The topological polar surface area (TPSA) is 64.2 Å². The van der Waals surface area contributed by atoms with Gasteiger partial charge in [-0.25, -0.2) is 9.97 Å². The molecule has 1 amide bonds. The Morgan fingerprint density at radius 1 is 1.14 bits per heavy atom. The maximum atomic E-state index is 12.6. The normalized spacial score (nSPS) is 15.1. The van der Waals surface area contributed by atoms with Gasteiger partial charge in [-0.15, -0.1) is 0 Å². The Morgan fingerprint density at radius 2 is 1.89 bits per heavy atom. The number of oxazole rings is 1. The summed E-state index contributed by atoms with van der Waals surface area (Å²) in [5.41, 5.74) is 3.00. The molecule has 0 aliphatic carbocycles. The zero-order valence-electron chi connectivity index (χ0n) is 16.5. The van der Waals surface area contributed by atoms with Gasteiger partial charge in [-0.2, -0.15) is 0 Å². The van der Waals surface area contributed by atoms with E-state index in [1.807, 2.05) is 29.3 Å². The standard InChI is InChI=1S/C22H26N4O2/c1-16-14-23-21(19-6-4-3-5-7-19)26(16)13-10-18-8-11-25(12-9-18)22(27)20-17(2)24-15-28-20/h3-7,14-15,18H,8-13H2,1-2H3. The van der Waals surface area contributed by atoms with Crippen LogP contribution >= 0.6 is 0 Å². The van der Waals surface area contributed by atoms with Crippen molar-refractivity contribution in [1.82, 2.24) is 19.4 Å². The Balaban J connectivity index is 1.35. The molecule has 1 aromatic carbocycles. The summed E-state index contributed by atoms with van der Waals surface area (Å²) >= 11 is 0. The second kappa shape index (κ2) is 8.00. The van der Waals surface area contributed by atoms with E-state index < -0.39 is 0 Å². The fourth-order valence-corrected chi connectivity index (χ4v) is 3.95. The van der Waals surface area contributed by atoms with Crippen LogP contribution in [-0.4, -0.2) is 38.4 Å². The number of likely N-dealkylation sites (tertiary alicyclic amines) is 1. The Morgan fingerprint density at radius 3 is 2.57 bits per heavy atom. The first-order valence-corrected chi connectivity index (χ1v) is 9.90. The van der Waals surface area contributed by atoms with Gasteiger partial charge in [0.2, 0.25) is 5.76 Å². The van der Waals surface area contributed by atoms with Crippen molar-refractivity contribution in [3.8, 4) is 11.4 Å². The van der Waals surface area contributed by atoms with E-state index in [2.05, 4.69) is 33.6 Å². The summed E-state index contributed by atoms with van der Waals surface area (Å²) in [5, 5.41) is 0. The molecule has 1 aliphatic heterocycles. The average Bonchev–Trinajstić information content (AvgIpc) is 3.32. The molecule has 6 nitrogen and oxygen atoms in total. The molecule has 3 heterocycles. The lowest BCUT2D eigenvalue weighted by Crippen LogP contribution is -2.38. The number of hydrogen-bond donors (Lipinski definition) is 0. The molecule has 0 atom stereocenters. The molecule has 4 rings (SSSR count). The highest BCUT2D eigenvalue weighted by Gasteiger charge is 2.26. The van der Waals surface area contributed by atoms with Gasteiger partial charge >= 0.3 is 0 Å². The molecule has 0 radical (unpaired) electrons. The number of nitrogens with zero attached hydrogens (tertiary/aromatic N) is 4. The van der Waals surface area contributed by atoms with Crippen LogP contribution in [0.2, 0.25) is 0 Å². The molecule has 0 unspecified atom stereocenters. The molecule has 0 saturated carbocycles. The van der Waals surface area contributed by atoms with Crippen molar-refractivity contribution in [1.29, 1.82) is 0 Å². The maximum absolute atomic E-state index is 12.6. The molecule has 28 heavy (non-hydrogen) atoms. The maximum Gasteiger partial charge on any atom is 0.291 e. The second-order valence-electron chi connectivity index (χ2n) is 7.53. The quantitative estimate of drug-likeness (QED) is 0.671. The van der Waals surface area contributed by atoms with Crippen LogP contribution in [0.15, 0.2) is 47.3 Å². The minimum absolute atomic E-state index is 0.0368. The first-order valence-electron chi connectivity index (χ1n) is 9.90. The number of carbonyl (C=O) groups is 1. The second-order valence-corrected chi connectivity index (χ2v) is 7.53. The molecule has 2 aromatic heterocycles. The first kappa shape index (κ1) is 18.5. The van der Waals surface area contributed by atoms with Crippen LogP contribution in [0.5, 0.6) is 0 Å². The van der Waals surface area contributed by atoms with E-state index in [1.165, 1.54) is 12.1 Å². The van der Waals surface area contributed by atoms with Crippen LogP contribution in [0, 0.1) is 19.8 Å². The third-order valence-electron chi connectivity index (χ3n) is 5.69. The lowest BCUT2D eigenvalue weighted by Gasteiger charge is -2.31. The Hall–Kier alpha value is -2.89. The molecule has 6 heteroatoms. The van der Waals surface area contributed by atoms with E-state index in [4.69, 9.17) is 4.42 Å². The fourth-order valence-electron chi connectivity index (χ4n) is 3.95. The molecule has 146 valence electrons. The van der Waals surface area contributed by atoms with E-state index in [-0.39, 0.29) is 5.91 Å². The van der Waals surface area contributed by atoms with Gasteiger partial charge in [0.05, 0.1) is 5.69 Å². The number of rotatable bonds is 5. The molecule has 1 fully saturated rings. The van der Waals surface area contributed by atoms with Crippen LogP contribution in [0.25, 0.3) is 11.4 Å². The number of aryl methyl sites for hydroxylation is 2. The minimum Gasteiger partial charge on any atom is -0.438 e. The van der Waals surface area contributed by atoms with Gasteiger partial charge in [0, 0.05) is 37.1 Å². The van der Waals surface area contributed by atoms with E-state index in [0.29, 0.717) is 17.4 Å². The smallest absolute Gasteiger partial charge is 0.291 e. The van der Waals surface area contributed by atoms with E-state index in [1.54, 1.807) is 6.92 Å². The van der Waals surface area contributed by atoms with Crippen LogP contribution in [0.1, 0.15) is 41.2 Å². The van der Waals surface area contributed by atoms with E-state index in [0.717, 1.165) is 50.3 Å². The highest BCUT2D eigenvalue weighted by atomic mass is 16.3. The molecular formula is C22H26N4O2. The third kappa shape index (κ3) is 3.72. The number of benzene rings is 1. The summed E-state index contributed by atoms with van der Waals surface area (Å²) in [6.45, 7) is 6.42. The fraction of sp³-hybridized carbons (Fsp3) is 0.409. The lowest BCUT2D eigenvalue weighted by atomic mass is 9.93. The predicted octanol–water partition coefficient (Wildman–Crippen LogP) is 4.10. The number of imidazole rings is 1. The summed E-state index contributed by atoms with van der Waals surface area (Å²) < 4.78 is 7.57. The number of carbonyl (C=O) groups excluding carboxylic acids is 1. The van der Waals surface area contributed by atoms with Gasteiger partial charge in [-0.3, -0.25) is 4.79 Å². The first-order chi connectivity index (χ1) is 13.6. The molecule has 0 spiro atoms. The summed E-state index contributed by atoms with van der Waals surface area (Å²) in [5.74, 6) is 1.99. The summed E-state index contributed by atoms with van der Waals surface area (Å²) in [6.07, 6.45) is 6.43. The number of amides is 1. The van der Waals surface area contributed by atoms with Crippen LogP contribution in [-0.2, 0) is 6.54 Å². The highest BCUT2D eigenvalue weighted by molar-refractivity contribution is 5.92. The molecule has 0 bridgehead atoms. The van der Waals surface area contributed by atoms with Gasteiger partial charge in [0.1, 0.15) is 5.82 Å². The molecule has 1 saturated heterocycles. The molecule has 0 N–H and O–H groups in total. The Bertz CT molecular complexity index is 937. The van der Waals surface area contributed by atoms with Crippen molar-refractivity contribution in [3.63, 3.8) is 0 Å². The van der Waals surface area contributed by atoms with Crippen molar-refractivity contribution in [3.05, 3.63) is 60.1 Å². The Kier molecular flexibility index (Phi) is 5.28. The molecule has 3 aromatic rings. The number of piperidine rings is 1. The Labute approximate surface area is 165 Å². The van der Waals surface area contributed by atoms with Gasteiger partial charge in [-0.1, -0.05) is 30.3 Å². The molecule has 1 aliphatic rings. The van der Waals surface area contributed by atoms with E-state index in [9.17, 15) is 4.79 Å². The SMILES string of the molecule is Cc1ncoc1C(=O)N1CCC(CCn2c(C)cnc2-c2ccccc2)CC1. The van der Waals surface area contributed by atoms with E-state index >= 15 is 0 Å². The monoisotopic (exact) mass is 378 g/mol. The van der Waals surface area contributed by atoms with Crippen molar-refractivity contribution in [2.75, 3.05) is 13.1 Å². The lowest BCUT2D eigenvalue weighted by molar-refractivity contribution is 0.0652. The van der Waals surface area contributed by atoms with Crippen molar-refractivity contribution >= 4 is 5.91 Å². The van der Waals surface area contributed by atoms with Gasteiger partial charge in [0.25, 0.3) is 5.91 Å². The highest BCUT2D eigenvalue weighted by Crippen LogP contribution is 2.25. The van der Waals surface area contributed by atoms with Gasteiger partial charge in [0.15, 0.2) is 6.39 Å². The summed E-state index contributed by atoms with van der Waals surface area (Å²) in [4.78, 5) is 23.1. The predicted molar refractivity (Wildman–Crippen MR) is 107 cm³/mol. The summed E-state index contributed by atoms with van der Waals surface area (Å²) in [7, 11) is 0. The van der Waals surface area contributed by atoms with Crippen LogP contribution < -0.4 is 0 Å². The number of aromatic nitrogens is 3. The average molecular weight is 378 g/mol. The zero-order valence-corrected chi connectivity index (χ0v) is 16.5. The largest absolute Gasteiger partial charge is 0.438 e. The summed E-state index contributed by atoms with van der Waals surface area (Å²) in [6, 6.07) is 10.3. The van der Waals surface area contributed by atoms with Crippen molar-refractivity contribution in [2.45, 2.75) is 39.7 Å². The van der Waals surface area contributed by atoms with Gasteiger partial charge < -0.3 is 13.9 Å². The molecular weight excluding hydrogens is 352 g/mol. The van der Waals surface area contributed by atoms with Gasteiger partial charge in [-0.05, 0) is 39.0 Å². The van der Waals surface area contributed by atoms with Crippen molar-refractivity contribution in [2.24, 2.45) is 5.92 Å². The van der Waals surface area contributed by atoms with Crippen LogP contribution in [0.3, 0.4) is 0 Å². The third-order valence-corrected chi connectivity index (χ3v) is 5.69. The van der Waals surface area contributed by atoms with Crippen LogP contribution in [0.4, 0.5) is 0 Å². The zero-order chi connectivity index (χ0) is 19.5. The minimum atomic E-state index is -0.0368.